The lowest BCUT2D eigenvalue weighted by Crippen LogP contribution is -2.01. The van der Waals surface area contributed by atoms with Gasteiger partial charge in [0.2, 0.25) is 0 Å². The molecule has 13 heavy (non-hydrogen) atoms. The van der Waals surface area contributed by atoms with Crippen molar-refractivity contribution in [2.45, 2.75) is 6.42 Å². The van der Waals surface area contributed by atoms with E-state index in [4.69, 9.17) is 5.73 Å². The van der Waals surface area contributed by atoms with E-state index in [0.717, 1.165) is 21.6 Å². The van der Waals surface area contributed by atoms with Gasteiger partial charge < -0.3 is 10.8 Å². The zero-order valence-electron chi connectivity index (χ0n) is 7.03. The molecule has 0 bridgehead atoms. The van der Waals surface area contributed by atoms with Gasteiger partial charge in [-0.05, 0) is 24.7 Å². The van der Waals surface area contributed by atoms with Crippen molar-refractivity contribution in [3.63, 3.8) is 0 Å². The van der Waals surface area contributed by atoms with E-state index < -0.39 is 0 Å². The highest BCUT2D eigenvalue weighted by Gasteiger charge is 2.02. The molecule has 3 N–H and O–H groups in total. The van der Waals surface area contributed by atoms with Gasteiger partial charge in [0.15, 0.2) is 0 Å². The van der Waals surface area contributed by atoms with Gasteiger partial charge in [-0.3, -0.25) is 0 Å². The molecule has 0 radical (unpaired) electrons. The first-order valence-electron chi connectivity index (χ1n) is 4.08. The van der Waals surface area contributed by atoms with Crippen molar-refractivity contribution in [1.29, 1.82) is 0 Å². The lowest BCUT2D eigenvalue weighted by atomic mass is 10.3. The Morgan fingerprint density at radius 1 is 1.46 bits per heavy atom. The van der Waals surface area contributed by atoms with E-state index in [1.54, 1.807) is 23.5 Å². The fraction of sp³-hybridized carbons (Fsp3) is 0.222. The molecule has 1 aromatic heterocycles. The van der Waals surface area contributed by atoms with Gasteiger partial charge in [0.25, 0.3) is 0 Å². The monoisotopic (exact) mass is 194 g/mol. The molecule has 0 saturated heterocycles. The Kier molecular flexibility index (Phi) is 2.16. The lowest BCUT2D eigenvalue weighted by Gasteiger charge is -1.87. The minimum Gasteiger partial charge on any atom is -0.508 e. The van der Waals surface area contributed by atoms with Gasteiger partial charge in [0, 0.05) is 6.42 Å². The molecule has 3 nitrogen and oxygen atoms in total. The number of rotatable bonds is 2. The van der Waals surface area contributed by atoms with E-state index in [1.807, 2.05) is 6.07 Å². The summed E-state index contributed by atoms with van der Waals surface area (Å²) >= 11 is 1.58. The number of phenols is 1. The van der Waals surface area contributed by atoms with Crippen LogP contribution in [-0.2, 0) is 6.42 Å². The summed E-state index contributed by atoms with van der Waals surface area (Å²) in [6.45, 7) is 0.617. The maximum atomic E-state index is 9.22. The first kappa shape index (κ1) is 8.47. The molecule has 0 saturated carbocycles. The third kappa shape index (κ3) is 1.64. The van der Waals surface area contributed by atoms with Gasteiger partial charge in [-0.25, -0.2) is 4.98 Å². The number of phenolic OH excluding ortho intramolecular Hbond substituents is 1. The van der Waals surface area contributed by atoms with Crippen molar-refractivity contribution < 1.29 is 5.11 Å². The summed E-state index contributed by atoms with van der Waals surface area (Å²) in [4.78, 5) is 4.37. The van der Waals surface area contributed by atoms with Gasteiger partial charge in [-0.15, -0.1) is 11.3 Å². The molecule has 0 fully saturated rings. The van der Waals surface area contributed by atoms with Gasteiger partial charge in [-0.2, -0.15) is 0 Å². The van der Waals surface area contributed by atoms with Crippen molar-refractivity contribution in [3.8, 4) is 5.75 Å². The minimum absolute atomic E-state index is 0.287. The second-order valence-electron chi connectivity index (χ2n) is 2.80. The Balaban J connectivity index is 2.49. The number of nitrogens with zero attached hydrogens (tertiary/aromatic N) is 1. The van der Waals surface area contributed by atoms with Crippen molar-refractivity contribution in [2.24, 2.45) is 5.73 Å². The average molecular weight is 194 g/mol. The maximum Gasteiger partial charge on any atom is 0.117 e. The molecule has 0 amide bonds. The number of nitrogens with two attached hydrogens (primary N) is 1. The van der Waals surface area contributed by atoms with E-state index in [2.05, 4.69) is 4.98 Å². The normalized spacial score (nSPS) is 10.8. The van der Waals surface area contributed by atoms with Crippen molar-refractivity contribution in [2.75, 3.05) is 6.54 Å². The number of benzene rings is 1. The minimum atomic E-state index is 0.287. The van der Waals surface area contributed by atoms with Crippen LogP contribution in [0.5, 0.6) is 5.75 Å². The van der Waals surface area contributed by atoms with Crippen molar-refractivity contribution in [1.82, 2.24) is 4.98 Å². The Labute approximate surface area is 79.8 Å². The van der Waals surface area contributed by atoms with Crippen molar-refractivity contribution in [3.05, 3.63) is 23.2 Å². The Morgan fingerprint density at radius 3 is 3.08 bits per heavy atom. The molecule has 1 heterocycles. The van der Waals surface area contributed by atoms with Crippen LogP contribution in [0.25, 0.3) is 10.2 Å². The summed E-state index contributed by atoms with van der Waals surface area (Å²) in [6.07, 6.45) is 0.806. The first-order valence-corrected chi connectivity index (χ1v) is 4.90. The quantitative estimate of drug-likeness (QED) is 0.761. The molecule has 0 aliphatic rings. The molecule has 1 aromatic carbocycles. The lowest BCUT2D eigenvalue weighted by molar-refractivity contribution is 0.476. The zero-order valence-corrected chi connectivity index (χ0v) is 7.84. The van der Waals surface area contributed by atoms with Crippen LogP contribution in [0, 0.1) is 0 Å². The summed E-state index contributed by atoms with van der Waals surface area (Å²) < 4.78 is 1.02. The van der Waals surface area contributed by atoms with Crippen LogP contribution >= 0.6 is 11.3 Å². The molecule has 0 spiro atoms. The topological polar surface area (TPSA) is 59.1 Å². The van der Waals surface area contributed by atoms with Gasteiger partial charge >= 0.3 is 0 Å². The van der Waals surface area contributed by atoms with E-state index in [0.29, 0.717) is 6.54 Å². The molecule has 68 valence electrons. The molecule has 0 aliphatic heterocycles. The van der Waals surface area contributed by atoms with Gasteiger partial charge in [0.1, 0.15) is 5.75 Å². The van der Waals surface area contributed by atoms with Crippen LogP contribution in [0.2, 0.25) is 0 Å². The molecule has 0 unspecified atom stereocenters. The number of aromatic hydroxyl groups is 1. The molecule has 0 atom stereocenters. The predicted octanol–water partition coefficient (Wildman–Crippen LogP) is 1.50. The van der Waals surface area contributed by atoms with E-state index >= 15 is 0 Å². The number of hydrogen-bond donors (Lipinski definition) is 2. The summed E-state index contributed by atoms with van der Waals surface area (Å²) in [5, 5.41) is 10.3. The van der Waals surface area contributed by atoms with Gasteiger partial charge in [0.05, 0.1) is 15.2 Å². The second-order valence-corrected chi connectivity index (χ2v) is 3.91. The molecule has 0 aliphatic carbocycles. The zero-order chi connectivity index (χ0) is 9.26. The molecular weight excluding hydrogens is 184 g/mol. The highest BCUT2D eigenvalue weighted by atomic mass is 32.1. The molecule has 4 heteroatoms. The number of fused-ring (bicyclic) bond motifs is 1. The SMILES string of the molecule is NCCc1nc2ccc(O)cc2s1. The molecule has 2 rings (SSSR count). The number of aromatic nitrogens is 1. The highest BCUT2D eigenvalue weighted by Crippen LogP contribution is 2.25. The van der Waals surface area contributed by atoms with Crippen LogP contribution in [0.3, 0.4) is 0 Å². The summed E-state index contributed by atoms with van der Waals surface area (Å²) in [5.74, 6) is 0.287. The van der Waals surface area contributed by atoms with Crippen LogP contribution in [0.4, 0.5) is 0 Å². The average Bonchev–Trinajstić information content (AvgIpc) is 2.46. The summed E-state index contributed by atoms with van der Waals surface area (Å²) in [5.41, 5.74) is 6.37. The Bertz CT molecular complexity index is 424. The third-order valence-corrected chi connectivity index (χ3v) is 2.85. The second kappa shape index (κ2) is 3.32. The number of thiazole rings is 1. The summed E-state index contributed by atoms with van der Waals surface area (Å²) in [6, 6.07) is 5.20. The van der Waals surface area contributed by atoms with E-state index in [9.17, 15) is 5.11 Å². The van der Waals surface area contributed by atoms with Crippen molar-refractivity contribution >= 4 is 21.6 Å². The largest absolute Gasteiger partial charge is 0.508 e. The van der Waals surface area contributed by atoms with Gasteiger partial charge in [-0.1, -0.05) is 0 Å². The van der Waals surface area contributed by atoms with Crippen LogP contribution in [0.1, 0.15) is 5.01 Å². The Morgan fingerprint density at radius 2 is 2.31 bits per heavy atom. The van der Waals surface area contributed by atoms with E-state index in [1.165, 1.54) is 0 Å². The smallest absolute Gasteiger partial charge is 0.117 e. The Hall–Kier alpha value is -1.13. The fourth-order valence-corrected chi connectivity index (χ4v) is 2.21. The molecule has 2 aromatic rings. The van der Waals surface area contributed by atoms with Crippen LogP contribution < -0.4 is 5.73 Å². The highest BCUT2D eigenvalue weighted by molar-refractivity contribution is 7.18. The van der Waals surface area contributed by atoms with E-state index in [-0.39, 0.29) is 5.75 Å². The van der Waals surface area contributed by atoms with Crippen LogP contribution in [-0.4, -0.2) is 16.6 Å². The molecular formula is C9H10N2OS. The summed E-state index contributed by atoms with van der Waals surface area (Å²) in [7, 11) is 0. The predicted molar refractivity (Wildman–Crippen MR) is 54.0 cm³/mol. The standard InChI is InChI=1S/C9H10N2OS/c10-4-3-9-11-7-2-1-6(12)5-8(7)13-9/h1-2,5,12H,3-4,10H2. The first-order chi connectivity index (χ1) is 6.29. The maximum absolute atomic E-state index is 9.22. The third-order valence-electron chi connectivity index (χ3n) is 1.77. The number of hydrogen-bond acceptors (Lipinski definition) is 4. The fourth-order valence-electron chi connectivity index (χ4n) is 1.19. The van der Waals surface area contributed by atoms with Crippen LogP contribution in [0.15, 0.2) is 18.2 Å².